The Kier molecular flexibility index (Phi) is 8.32. The van der Waals surface area contributed by atoms with Crippen LogP contribution in [0.15, 0.2) is 52.3 Å². The lowest BCUT2D eigenvalue weighted by Gasteiger charge is -2.29. The van der Waals surface area contributed by atoms with Gasteiger partial charge in [-0.3, -0.25) is 14.6 Å². The zero-order valence-electron chi connectivity index (χ0n) is 19.6. The van der Waals surface area contributed by atoms with Gasteiger partial charge >= 0.3 is 0 Å². The highest BCUT2D eigenvalue weighted by Gasteiger charge is 2.24. The molecule has 4 rings (SSSR count). The number of halogens is 1. The molecule has 0 N–H and O–H groups in total. The topological polar surface area (TPSA) is 114 Å². The molecule has 0 bridgehead atoms. The number of ether oxygens (including phenoxy) is 1. The minimum Gasteiger partial charge on any atom is -0.379 e. The quantitative estimate of drug-likeness (QED) is 0.385. The van der Waals surface area contributed by atoms with Crippen molar-refractivity contribution in [3.8, 4) is 0 Å². The number of morpholine rings is 1. The van der Waals surface area contributed by atoms with E-state index in [4.69, 9.17) is 16.3 Å². The second-order valence-corrected chi connectivity index (χ2v) is 14.0. The maximum Gasteiger partial charge on any atom is 0.229 e. The number of amides is 1. The first-order valence-corrected chi connectivity index (χ1v) is 16.0. The third-order valence-corrected chi connectivity index (χ3v) is 9.95. The van der Waals surface area contributed by atoms with Gasteiger partial charge in [-0.25, -0.2) is 21.8 Å². The predicted octanol–water partition coefficient (Wildman–Crippen LogP) is 2.88. The molecule has 0 unspecified atom stereocenters. The van der Waals surface area contributed by atoms with Crippen molar-refractivity contribution in [1.29, 1.82) is 0 Å². The first kappa shape index (κ1) is 27.0. The number of carbonyl (C=O) groups excluding carboxylic acids is 1. The number of hydrogen-bond donors (Lipinski definition) is 0. The largest absolute Gasteiger partial charge is 0.379 e. The fraction of sp³-hybridized carbons (Fsp3) is 0.391. The van der Waals surface area contributed by atoms with Crippen molar-refractivity contribution in [3.05, 3.63) is 47.5 Å². The molecular formula is C23H26ClN3O6S3. The summed E-state index contributed by atoms with van der Waals surface area (Å²) in [4.78, 5) is 21.8. The van der Waals surface area contributed by atoms with E-state index in [2.05, 4.69) is 9.88 Å². The molecule has 1 aliphatic heterocycles. The number of rotatable bonds is 9. The standard InChI is InChI=1S/C23H26ClN3O6S3/c1-35(29,30)19-6-7-20-21(16-19)34-23(25-20)27(10-9-26-11-13-33-14-12-26)22(28)8-15-36(31,32)18-4-2-17(24)3-5-18/h2-7,16H,8-15H2,1H3. The molecular weight excluding hydrogens is 546 g/mol. The number of fused-ring (bicyclic) bond motifs is 1. The van der Waals surface area contributed by atoms with E-state index in [1.54, 1.807) is 12.1 Å². The van der Waals surface area contributed by atoms with Crippen molar-refractivity contribution in [2.45, 2.75) is 16.2 Å². The van der Waals surface area contributed by atoms with Gasteiger partial charge in [-0.1, -0.05) is 22.9 Å². The van der Waals surface area contributed by atoms with E-state index in [0.717, 1.165) is 19.3 Å². The lowest BCUT2D eigenvalue weighted by atomic mass is 10.3. The van der Waals surface area contributed by atoms with E-state index < -0.39 is 19.7 Å². The van der Waals surface area contributed by atoms with Crippen molar-refractivity contribution in [3.63, 3.8) is 0 Å². The van der Waals surface area contributed by atoms with Gasteiger partial charge in [0.25, 0.3) is 0 Å². The van der Waals surface area contributed by atoms with Crippen LogP contribution in [0.2, 0.25) is 5.02 Å². The Bertz CT molecular complexity index is 1450. The van der Waals surface area contributed by atoms with E-state index in [1.165, 1.54) is 46.6 Å². The fourth-order valence-corrected chi connectivity index (χ4v) is 6.87. The van der Waals surface area contributed by atoms with Crippen molar-refractivity contribution in [1.82, 2.24) is 9.88 Å². The van der Waals surface area contributed by atoms with Crippen LogP contribution in [0.1, 0.15) is 6.42 Å². The van der Waals surface area contributed by atoms with E-state index in [9.17, 15) is 21.6 Å². The van der Waals surface area contributed by atoms with Gasteiger partial charge in [-0.05, 0) is 42.5 Å². The minimum atomic E-state index is -3.69. The highest BCUT2D eigenvalue weighted by Crippen LogP contribution is 2.31. The van der Waals surface area contributed by atoms with Gasteiger partial charge in [0.05, 0.1) is 39.0 Å². The molecule has 0 atom stereocenters. The van der Waals surface area contributed by atoms with Gasteiger partial charge in [0.2, 0.25) is 5.91 Å². The summed E-state index contributed by atoms with van der Waals surface area (Å²) in [6, 6.07) is 10.5. The van der Waals surface area contributed by atoms with Crippen molar-refractivity contribution < 1.29 is 26.4 Å². The van der Waals surface area contributed by atoms with Crippen LogP contribution in [-0.2, 0) is 29.2 Å². The monoisotopic (exact) mass is 571 g/mol. The van der Waals surface area contributed by atoms with Crippen LogP contribution in [-0.4, -0.2) is 84.0 Å². The Morgan fingerprint density at radius 1 is 1.08 bits per heavy atom. The zero-order valence-corrected chi connectivity index (χ0v) is 22.8. The first-order valence-electron chi connectivity index (χ1n) is 11.2. The number of nitrogens with zero attached hydrogens (tertiary/aromatic N) is 3. The smallest absolute Gasteiger partial charge is 0.229 e. The molecule has 36 heavy (non-hydrogen) atoms. The second-order valence-electron chi connectivity index (χ2n) is 8.42. The van der Waals surface area contributed by atoms with Crippen LogP contribution in [0, 0.1) is 0 Å². The molecule has 1 saturated heterocycles. The van der Waals surface area contributed by atoms with Crippen LogP contribution in [0.3, 0.4) is 0 Å². The van der Waals surface area contributed by atoms with E-state index in [1.807, 2.05) is 0 Å². The molecule has 3 aromatic rings. The molecule has 194 valence electrons. The Balaban J connectivity index is 1.56. The fourth-order valence-electron chi connectivity index (χ4n) is 3.75. The zero-order chi connectivity index (χ0) is 25.9. The second kappa shape index (κ2) is 11.1. The van der Waals surface area contributed by atoms with Crippen molar-refractivity contribution >= 4 is 63.9 Å². The molecule has 1 amide bonds. The molecule has 2 heterocycles. The lowest BCUT2D eigenvalue weighted by Crippen LogP contribution is -2.43. The van der Waals surface area contributed by atoms with Crippen molar-refractivity contribution in [2.24, 2.45) is 0 Å². The van der Waals surface area contributed by atoms with Gasteiger partial charge in [0.15, 0.2) is 24.8 Å². The molecule has 2 aromatic carbocycles. The predicted molar refractivity (Wildman–Crippen MR) is 140 cm³/mol. The summed E-state index contributed by atoms with van der Waals surface area (Å²) in [7, 11) is -7.08. The molecule has 0 spiro atoms. The number of thiazole rings is 1. The van der Waals surface area contributed by atoms with Crippen LogP contribution >= 0.6 is 22.9 Å². The maximum atomic E-state index is 13.3. The summed E-state index contributed by atoms with van der Waals surface area (Å²) in [5, 5.41) is 0.826. The lowest BCUT2D eigenvalue weighted by molar-refractivity contribution is -0.118. The van der Waals surface area contributed by atoms with Gasteiger partial charge in [0, 0.05) is 43.9 Å². The minimum absolute atomic E-state index is 0.104. The Labute approximate surface area is 219 Å². The Morgan fingerprint density at radius 3 is 2.42 bits per heavy atom. The number of anilines is 1. The van der Waals surface area contributed by atoms with Gasteiger partial charge in [-0.2, -0.15) is 0 Å². The summed E-state index contributed by atoms with van der Waals surface area (Å²) in [5.74, 6) is -0.729. The maximum absolute atomic E-state index is 13.3. The van der Waals surface area contributed by atoms with Crippen LogP contribution in [0.5, 0.6) is 0 Å². The number of hydrogen-bond acceptors (Lipinski definition) is 9. The highest BCUT2D eigenvalue weighted by molar-refractivity contribution is 7.91. The normalized spacial score (nSPS) is 15.3. The van der Waals surface area contributed by atoms with Crippen molar-refractivity contribution in [2.75, 3.05) is 56.3 Å². The summed E-state index contributed by atoms with van der Waals surface area (Å²) in [6.07, 6.45) is 0.911. The summed E-state index contributed by atoms with van der Waals surface area (Å²) < 4.78 is 55.5. The van der Waals surface area contributed by atoms with E-state index >= 15 is 0 Å². The van der Waals surface area contributed by atoms with Gasteiger partial charge in [0.1, 0.15) is 0 Å². The van der Waals surface area contributed by atoms with E-state index in [-0.39, 0.29) is 27.9 Å². The number of aromatic nitrogens is 1. The van der Waals surface area contributed by atoms with Crippen LogP contribution in [0.4, 0.5) is 5.13 Å². The third kappa shape index (κ3) is 6.61. The molecule has 9 nitrogen and oxygen atoms in total. The first-order chi connectivity index (χ1) is 17.0. The summed E-state index contributed by atoms with van der Waals surface area (Å²) in [5.41, 5.74) is 0.570. The van der Waals surface area contributed by atoms with Gasteiger partial charge < -0.3 is 4.74 Å². The molecule has 1 fully saturated rings. The Hall–Kier alpha value is -2.09. The third-order valence-electron chi connectivity index (χ3n) is 5.81. The molecule has 0 aliphatic carbocycles. The van der Waals surface area contributed by atoms with Gasteiger partial charge in [-0.15, -0.1) is 0 Å². The Morgan fingerprint density at radius 2 is 1.75 bits per heavy atom. The highest BCUT2D eigenvalue weighted by atomic mass is 35.5. The molecule has 0 saturated carbocycles. The molecule has 0 radical (unpaired) electrons. The van der Waals surface area contributed by atoms with Crippen LogP contribution < -0.4 is 4.90 Å². The summed E-state index contributed by atoms with van der Waals surface area (Å²) >= 11 is 7.06. The number of benzene rings is 2. The summed E-state index contributed by atoms with van der Waals surface area (Å²) in [6.45, 7) is 3.60. The van der Waals surface area contributed by atoms with E-state index in [0.29, 0.717) is 46.7 Å². The SMILES string of the molecule is CS(=O)(=O)c1ccc2nc(N(CCN3CCOCC3)C(=O)CCS(=O)(=O)c3ccc(Cl)cc3)sc2c1. The molecule has 1 aromatic heterocycles. The average Bonchev–Trinajstić information content (AvgIpc) is 3.26. The molecule has 13 heteroatoms. The average molecular weight is 572 g/mol. The number of sulfone groups is 2. The van der Waals surface area contributed by atoms with Crippen LogP contribution in [0.25, 0.3) is 10.2 Å². The molecule has 1 aliphatic rings. The number of carbonyl (C=O) groups is 1.